The van der Waals surface area contributed by atoms with Gasteiger partial charge in [0, 0.05) is 17.3 Å². The van der Waals surface area contributed by atoms with Crippen molar-refractivity contribution in [2.24, 2.45) is 39.4 Å². The van der Waals surface area contributed by atoms with Gasteiger partial charge in [-0.15, -0.1) is 0 Å². The molecule has 31 heavy (non-hydrogen) atoms. The molecule has 1 spiro atoms. The summed E-state index contributed by atoms with van der Waals surface area (Å²) in [6.07, 6.45) is 6.10. The predicted octanol–water partition coefficient (Wildman–Crippen LogP) is 4.05. The van der Waals surface area contributed by atoms with Crippen LogP contribution in [0.5, 0.6) is 0 Å². The first-order valence-corrected chi connectivity index (χ1v) is 12.0. The Morgan fingerprint density at radius 3 is 2.39 bits per heavy atom. The Balaban J connectivity index is 1.35. The molecule has 5 rings (SSSR count). The van der Waals surface area contributed by atoms with E-state index in [1.165, 1.54) is 0 Å². The minimum absolute atomic E-state index is 0.0395. The van der Waals surface area contributed by atoms with Crippen LogP contribution in [0, 0.1) is 39.4 Å². The fourth-order valence-electron chi connectivity index (χ4n) is 8.16. The summed E-state index contributed by atoms with van der Waals surface area (Å²) in [5.41, 5.74) is -2.75. The normalized spacial score (nSPS) is 46.7. The second-order valence-corrected chi connectivity index (χ2v) is 12.2. The maximum atomic E-state index is 13.3. The maximum absolute atomic E-state index is 13.3. The van der Waals surface area contributed by atoms with Gasteiger partial charge >= 0.3 is 17.9 Å². The fraction of sp³-hybridized carbons (Fsp3) is 0.880. The molecule has 0 aromatic rings. The summed E-state index contributed by atoms with van der Waals surface area (Å²) in [6, 6.07) is 0. The SMILES string of the molecule is CC1(C)CCC[C@]23C(=O)OC[C@H]2[C@H](COC(=O)[C@@]24CC[C@@](C)(C(=O)O2)C4(C)C)CC[C@H]13. The van der Waals surface area contributed by atoms with E-state index in [-0.39, 0.29) is 35.8 Å². The van der Waals surface area contributed by atoms with Crippen LogP contribution in [-0.2, 0) is 28.6 Å². The van der Waals surface area contributed by atoms with Crippen molar-refractivity contribution in [3.63, 3.8) is 0 Å². The number of hydrogen-bond acceptors (Lipinski definition) is 6. The number of ether oxygens (including phenoxy) is 3. The molecule has 5 fully saturated rings. The molecule has 2 bridgehead atoms. The quantitative estimate of drug-likeness (QED) is 0.495. The van der Waals surface area contributed by atoms with Crippen molar-refractivity contribution < 1.29 is 28.6 Å². The van der Waals surface area contributed by atoms with Gasteiger partial charge in [0.2, 0.25) is 5.60 Å². The highest BCUT2D eigenvalue weighted by Crippen LogP contribution is 2.66. The Bertz CT molecular complexity index is 845. The summed E-state index contributed by atoms with van der Waals surface area (Å²) in [7, 11) is 0. The molecule has 0 amide bonds. The minimum atomic E-state index is -1.19. The molecule has 3 saturated carbocycles. The topological polar surface area (TPSA) is 78.9 Å². The minimum Gasteiger partial charge on any atom is -0.465 e. The molecule has 6 atom stereocenters. The molecule has 0 radical (unpaired) electrons. The molecule has 2 saturated heterocycles. The van der Waals surface area contributed by atoms with Crippen molar-refractivity contribution in [3.05, 3.63) is 0 Å². The van der Waals surface area contributed by atoms with Gasteiger partial charge in [0.25, 0.3) is 0 Å². The third kappa shape index (κ3) is 2.37. The number of rotatable bonds is 3. The standard InChI is InChI=1S/C25H36O6/c1-21(2)9-6-10-24-16(14-30-19(24)27)15(7-8-17(21)24)13-29-20(28)25-12-11-23(5,18(26)31-25)22(25,3)4/h15-17H,6-14H2,1-5H3/t15-,16-,17+,23-,24-,25+/m0/s1. The van der Waals surface area contributed by atoms with Crippen LogP contribution in [0.4, 0.5) is 0 Å². The van der Waals surface area contributed by atoms with Gasteiger partial charge in [-0.2, -0.15) is 0 Å². The summed E-state index contributed by atoms with van der Waals surface area (Å²) in [4.78, 5) is 38.8. The molecule has 0 N–H and O–H groups in total. The lowest BCUT2D eigenvalue weighted by molar-refractivity contribution is -0.186. The third-order valence-electron chi connectivity index (χ3n) is 10.6. The van der Waals surface area contributed by atoms with Crippen molar-refractivity contribution in [2.75, 3.05) is 13.2 Å². The van der Waals surface area contributed by atoms with Crippen LogP contribution < -0.4 is 0 Å². The molecule has 2 heterocycles. The molecular formula is C25H36O6. The number of carbonyl (C=O) groups is 3. The second kappa shape index (κ2) is 6.26. The van der Waals surface area contributed by atoms with Gasteiger partial charge in [0.05, 0.1) is 24.0 Å². The zero-order chi connectivity index (χ0) is 22.4. The second-order valence-electron chi connectivity index (χ2n) is 12.2. The first kappa shape index (κ1) is 21.3. The Kier molecular flexibility index (Phi) is 4.29. The Morgan fingerprint density at radius 1 is 1.00 bits per heavy atom. The molecule has 5 aliphatic rings. The summed E-state index contributed by atoms with van der Waals surface area (Å²) in [6.45, 7) is 11.1. The van der Waals surface area contributed by atoms with Crippen LogP contribution in [-0.4, -0.2) is 36.7 Å². The molecule has 0 unspecified atom stereocenters. The molecule has 2 aliphatic heterocycles. The van der Waals surface area contributed by atoms with Crippen LogP contribution in [0.1, 0.15) is 79.6 Å². The molecule has 0 aromatic carbocycles. The monoisotopic (exact) mass is 432 g/mol. The average Bonchev–Trinajstić information content (AvgIpc) is 3.19. The van der Waals surface area contributed by atoms with E-state index < -0.39 is 27.8 Å². The third-order valence-corrected chi connectivity index (χ3v) is 10.6. The van der Waals surface area contributed by atoms with E-state index in [0.29, 0.717) is 25.4 Å². The number of esters is 3. The van der Waals surface area contributed by atoms with Crippen molar-refractivity contribution in [2.45, 2.75) is 85.2 Å². The van der Waals surface area contributed by atoms with Crippen LogP contribution in [0.2, 0.25) is 0 Å². The van der Waals surface area contributed by atoms with Crippen molar-refractivity contribution in [1.82, 2.24) is 0 Å². The first-order valence-electron chi connectivity index (χ1n) is 12.0. The van der Waals surface area contributed by atoms with E-state index in [1.807, 2.05) is 20.8 Å². The maximum Gasteiger partial charge on any atom is 0.351 e. The summed E-state index contributed by atoms with van der Waals surface area (Å²) in [5.74, 6) is -0.231. The van der Waals surface area contributed by atoms with E-state index in [9.17, 15) is 14.4 Å². The van der Waals surface area contributed by atoms with Crippen LogP contribution in [0.3, 0.4) is 0 Å². The summed E-state index contributed by atoms with van der Waals surface area (Å²) < 4.78 is 17.2. The number of cyclic esters (lactones) is 1. The highest BCUT2D eigenvalue weighted by atomic mass is 16.6. The summed E-state index contributed by atoms with van der Waals surface area (Å²) in [5, 5.41) is 0. The van der Waals surface area contributed by atoms with E-state index in [2.05, 4.69) is 13.8 Å². The summed E-state index contributed by atoms with van der Waals surface area (Å²) >= 11 is 0. The van der Waals surface area contributed by atoms with Crippen LogP contribution in [0.15, 0.2) is 0 Å². The van der Waals surface area contributed by atoms with Gasteiger partial charge in [-0.1, -0.05) is 34.1 Å². The Hall–Kier alpha value is -1.59. The molecular weight excluding hydrogens is 396 g/mol. The zero-order valence-corrected chi connectivity index (χ0v) is 19.5. The number of fused-ring (bicyclic) bond motifs is 2. The Morgan fingerprint density at radius 2 is 1.74 bits per heavy atom. The zero-order valence-electron chi connectivity index (χ0n) is 19.5. The molecule has 0 aromatic heterocycles. The van der Waals surface area contributed by atoms with Gasteiger partial charge in [0.15, 0.2) is 0 Å². The van der Waals surface area contributed by atoms with Gasteiger partial charge in [-0.25, -0.2) is 4.79 Å². The van der Waals surface area contributed by atoms with Crippen molar-refractivity contribution in [1.29, 1.82) is 0 Å². The lowest BCUT2D eigenvalue weighted by Crippen LogP contribution is -2.55. The lowest BCUT2D eigenvalue weighted by atomic mass is 9.46. The van der Waals surface area contributed by atoms with E-state index in [1.54, 1.807) is 0 Å². The molecule has 3 aliphatic carbocycles. The van der Waals surface area contributed by atoms with E-state index in [4.69, 9.17) is 14.2 Å². The van der Waals surface area contributed by atoms with E-state index >= 15 is 0 Å². The van der Waals surface area contributed by atoms with Crippen LogP contribution >= 0.6 is 0 Å². The Labute approximate surface area is 184 Å². The number of hydrogen-bond donors (Lipinski definition) is 0. The largest absolute Gasteiger partial charge is 0.465 e. The van der Waals surface area contributed by atoms with Crippen molar-refractivity contribution in [3.8, 4) is 0 Å². The van der Waals surface area contributed by atoms with Crippen LogP contribution in [0.25, 0.3) is 0 Å². The van der Waals surface area contributed by atoms with Crippen molar-refractivity contribution >= 4 is 17.9 Å². The predicted molar refractivity (Wildman–Crippen MR) is 112 cm³/mol. The molecule has 6 nitrogen and oxygen atoms in total. The van der Waals surface area contributed by atoms with E-state index in [0.717, 1.165) is 32.1 Å². The van der Waals surface area contributed by atoms with Gasteiger partial charge in [-0.3, -0.25) is 9.59 Å². The highest BCUT2D eigenvalue weighted by Gasteiger charge is 2.76. The number of carbonyl (C=O) groups excluding carboxylic acids is 3. The lowest BCUT2D eigenvalue weighted by Gasteiger charge is -2.55. The average molecular weight is 433 g/mol. The van der Waals surface area contributed by atoms with Gasteiger partial charge in [-0.05, 0) is 56.8 Å². The van der Waals surface area contributed by atoms with Gasteiger partial charge < -0.3 is 14.2 Å². The van der Waals surface area contributed by atoms with Gasteiger partial charge in [0.1, 0.15) is 0 Å². The molecule has 172 valence electrons. The first-order chi connectivity index (χ1) is 14.4. The molecule has 6 heteroatoms. The fourth-order valence-corrected chi connectivity index (χ4v) is 8.16. The highest BCUT2D eigenvalue weighted by molar-refractivity contribution is 5.93. The smallest absolute Gasteiger partial charge is 0.351 e.